The summed E-state index contributed by atoms with van der Waals surface area (Å²) >= 11 is 1.58. The highest BCUT2D eigenvalue weighted by atomic mass is 32.1. The maximum atomic E-state index is 14.5. The fraction of sp³-hybridized carbons (Fsp3) is 0.320. The van der Waals surface area contributed by atoms with Gasteiger partial charge in [-0.2, -0.15) is 4.39 Å². The van der Waals surface area contributed by atoms with E-state index in [-0.39, 0.29) is 24.7 Å². The Morgan fingerprint density at radius 2 is 1.66 bits per heavy atom. The Hall–Kier alpha value is -3.53. The van der Waals surface area contributed by atoms with E-state index < -0.39 is 41.1 Å². The zero-order valence-corrected chi connectivity index (χ0v) is 19.5. The average Bonchev–Trinajstić information content (AvgIpc) is 3.33. The summed E-state index contributed by atoms with van der Waals surface area (Å²) in [6.07, 6.45) is 1.25. The van der Waals surface area contributed by atoms with Gasteiger partial charge in [0.25, 0.3) is 11.8 Å². The third kappa shape index (κ3) is 5.76. The molecule has 0 atom stereocenters. The number of halogens is 2. The largest absolute Gasteiger partial charge is 0.487 e. The second-order valence-electron chi connectivity index (χ2n) is 8.35. The van der Waals surface area contributed by atoms with Crippen LogP contribution in [0.3, 0.4) is 0 Å². The first kappa shape index (κ1) is 24.6. The maximum Gasteiger partial charge on any atom is 0.306 e. The smallest absolute Gasteiger partial charge is 0.306 e. The molecule has 0 bridgehead atoms. The highest BCUT2D eigenvalue weighted by Gasteiger charge is 2.28. The van der Waals surface area contributed by atoms with Crippen LogP contribution in [0.25, 0.3) is 10.1 Å². The molecule has 1 aromatic heterocycles. The molecule has 10 heteroatoms. The summed E-state index contributed by atoms with van der Waals surface area (Å²) in [6.45, 7) is 0.133. The predicted octanol–water partition coefficient (Wildman–Crippen LogP) is 4.36. The number of aliphatic carboxylic acids is 1. The Bertz CT molecular complexity index is 1250. The van der Waals surface area contributed by atoms with Gasteiger partial charge in [0.05, 0.1) is 17.6 Å². The summed E-state index contributed by atoms with van der Waals surface area (Å²) in [7, 11) is 0. The van der Waals surface area contributed by atoms with E-state index in [1.165, 1.54) is 6.07 Å². The van der Waals surface area contributed by atoms with Gasteiger partial charge >= 0.3 is 5.97 Å². The van der Waals surface area contributed by atoms with Gasteiger partial charge in [-0.25, -0.2) is 4.39 Å². The SMILES string of the molecule is O=C(NCCNC(=O)c1ccc(O[C@H]2CC[C@@H](C(=O)O)CC2)c(F)c1F)c1ccc2sccc2c1. The van der Waals surface area contributed by atoms with Crippen molar-refractivity contribution < 1.29 is 33.0 Å². The number of benzene rings is 2. The highest BCUT2D eigenvalue weighted by molar-refractivity contribution is 7.17. The lowest BCUT2D eigenvalue weighted by molar-refractivity contribution is -0.143. The lowest BCUT2D eigenvalue weighted by Crippen LogP contribution is -2.35. The maximum absolute atomic E-state index is 14.5. The first-order chi connectivity index (χ1) is 16.8. The van der Waals surface area contributed by atoms with Crippen LogP contribution < -0.4 is 15.4 Å². The number of carbonyl (C=O) groups excluding carboxylic acids is 2. The Morgan fingerprint density at radius 1 is 0.943 bits per heavy atom. The van der Waals surface area contributed by atoms with Crippen LogP contribution in [0.2, 0.25) is 0 Å². The summed E-state index contributed by atoms with van der Waals surface area (Å²) in [5.41, 5.74) is 0.0149. The number of carboxylic acids is 1. The number of thiophene rings is 1. The number of rotatable bonds is 8. The van der Waals surface area contributed by atoms with Crippen LogP contribution in [0.1, 0.15) is 46.4 Å². The van der Waals surface area contributed by atoms with Gasteiger partial charge < -0.3 is 20.5 Å². The van der Waals surface area contributed by atoms with E-state index in [0.29, 0.717) is 31.2 Å². The van der Waals surface area contributed by atoms with E-state index in [4.69, 9.17) is 9.84 Å². The number of fused-ring (bicyclic) bond motifs is 1. The summed E-state index contributed by atoms with van der Waals surface area (Å²) in [5, 5.41) is 17.1. The Balaban J connectivity index is 1.27. The summed E-state index contributed by atoms with van der Waals surface area (Å²) in [6, 6.07) is 9.61. The van der Waals surface area contributed by atoms with Crippen molar-refractivity contribution in [3.8, 4) is 5.75 Å². The minimum atomic E-state index is -1.33. The minimum absolute atomic E-state index is 0.0252. The van der Waals surface area contributed by atoms with E-state index in [0.717, 1.165) is 16.2 Å². The lowest BCUT2D eigenvalue weighted by atomic mass is 9.87. The molecule has 2 amide bonds. The molecule has 35 heavy (non-hydrogen) atoms. The molecule has 7 nitrogen and oxygen atoms in total. The van der Waals surface area contributed by atoms with Gasteiger partial charge in [0.2, 0.25) is 5.82 Å². The molecule has 184 valence electrons. The van der Waals surface area contributed by atoms with E-state index in [2.05, 4.69) is 10.6 Å². The Labute approximate surface area is 204 Å². The zero-order chi connectivity index (χ0) is 24.9. The summed E-state index contributed by atoms with van der Waals surface area (Å²) in [4.78, 5) is 35.7. The number of ether oxygens (including phenoxy) is 1. The molecule has 1 heterocycles. The zero-order valence-electron chi connectivity index (χ0n) is 18.7. The van der Waals surface area contributed by atoms with Gasteiger partial charge in [0, 0.05) is 23.4 Å². The molecule has 1 fully saturated rings. The van der Waals surface area contributed by atoms with E-state index in [9.17, 15) is 23.2 Å². The quantitative estimate of drug-likeness (QED) is 0.397. The van der Waals surface area contributed by atoms with Crippen LogP contribution in [-0.2, 0) is 4.79 Å². The van der Waals surface area contributed by atoms with Crippen LogP contribution in [0.15, 0.2) is 41.8 Å². The number of nitrogens with one attached hydrogen (secondary N) is 2. The Kier molecular flexibility index (Phi) is 7.60. The van der Waals surface area contributed by atoms with Crippen LogP contribution in [0.5, 0.6) is 5.75 Å². The number of carboxylic acid groups (broad SMARTS) is 1. The molecule has 3 aromatic rings. The van der Waals surface area contributed by atoms with Crippen molar-refractivity contribution in [1.29, 1.82) is 0 Å². The van der Waals surface area contributed by atoms with Gasteiger partial charge in [-0.1, -0.05) is 0 Å². The molecule has 1 aliphatic carbocycles. The fourth-order valence-corrected chi connectivity index (χ4v) is 4.83. The summed E-state index contributed by atoms with van der Waals surface area (Å²) < 4.78 is 35.7. The van der Waals surface area contributed by atoms with Gasteiger partial charge in [-0.15, -0.1) is 11.3 Å². The first-order valence-electron chi connectivity index (χ1n) is 11.2. The van der Waals surface area contributed by atoms with Crippen molar-refractivity contribution in [3.63, 3.8) is 0 Å². The predicted molar refractivity (Wildman–Crippen MR) is 127 cm³/mol. The molecular formula is C25H24F2N2O5S. The van der Waals surface area contributed by atoms with Crippen LogP contribution in [-0.4, -0.2) is 42.1 Å². The Morgan fingerprint density at radius 3 is 2.37 bits per heavy atom. The van der Waals surface area contributed by atoms with Gasteiger partial charge in [0.1, 0.15) is 0 Å². The molecule has 0 radical (unpaired) electrons. The number of amides is 2. The van der Waals surface area contributed by atoms with E-state index in [1.54, 1.807) is 23.5 Å². The molecule has 2 aromatic carbocycles. The van der Waals surface area contributed by atoms with Crippen molar-refractivity contribution in [2.75, 3.05) is 13.1 Å². The molecule has 1 aliphatic rings. The van der Waals surface area contributed by atoms with Crippen molar-refractivity contribution in [2.45, 2.75) is 31.8 Å². The molecule has 0 unspecified atom stereocenters. The fourth-order valence-electron chi connectivity index (χ4n) is 4.06. The second kappa shape index (κ2) is 10.8. The van der Waals surface area contributed by atoms with Crippen molar-refractivity contribution in [3.05, 3.63) is 64.5 Å². The monoisotopic (exact) mass is 502 g/mol. The number of carbonyl (C=O) groups is 3. The minimum Gasteiger partial charge on any atom is -0.487 e. The molecule has 4 rings (SSSR count). The van der Waals surface area contributed by atoms with Crippen LogP contribution in [0.4, 0.5) is 8.78 Å². The lowest BCUT2D eigenvalue weighted by Gasteiger charge is -2.27. The van der Waals surface area contributed by atoms with Crippen molar-refractivity contribution in [2.24, 2.45) is 5.92 Å². The third-order valence-electron chi connectivity index (χ3n) is 6.02. The van der Waals surface area contributed by atoms with Crippen LogP contribution in [0, 0.1) is 17.6 Å². The number of hydrogen-bond donors (Lipinski definition) is 3. The average molecular weight is 503 g/mol. The third-order valence-corrected chi connectivity index (χ3v) is 6.92. The van der Waals surface area contributed by atoms with E-state index >= 15 is 0 Å². The van der Waals surface area contributed by atoms with Crippen molar-refractivity contribution in [1.82, 2.24) is 10.6 Å². The van der Waals surface area contributed by atoms with Gasteiger partial charge in [0.15, 0.2) is 11.6 Å². The normalized spacial score (nSPS) is 17.7. The topological polar surface area (TPSA) is 105 Å². The molecule has 0 aliphatic heterocycles. The van der Waals surface area contributed by atoms with Gasteiger partial charge in [-0.3, -0.25) is 14.4 Å². The first-order valence-corrected chi connectivity index (χ1v) is 12.1. The molecule has 3 N–H and O–H groups in total. The number of hydrogen-bond acceptors (Lipinski definition) is 5. The molecule has 1 saturated carbocycles. The van der Waals surface area contributed by atoms with Crippen LogP contribution >= 0.6 is 11.3 Å². The molecule has 0 spiro atoms. The molecule has 0 saturated heterocycles. The molecular weight excluding hydrogens is 478 g/mol. The second-order valence-corrected chi connectivity index (χ2v) is 9.30. The highest BCUT2D eigenvalue weighted by Crippen LogP contribution is 2.30. The standard InChI is InChI=1S/C25H24F2N2O5S/c26-21-18(6-7-19(22(21)27)34-17-4-1-14(2-5-17)25(32)33)24(31)29-11-10-28-23(30)16-3-8-20-15(13-16)9-12-35-20/h3,6-9,12-14,17H,1-2,4-5,10-11H2,(H,28,30)(H,29,31)(H,32,33)/t14-,17+. The van der Waals surface area contributed by atoms with E-state index in [1.807, 2.05) is 17.5 Å². The van der Waals surface area contributed by atoms with Gasteiger partial charge in [-0.05, 0) is 72.8 Å². The summed E-state index contributed by atoms with van der Waals surface area (Å²) in [5.74, 6) is -5.34. The van der Waals surface area contributed by atoms with Crippen molar-refractivity contribution >= 4 is 39.2 Å².